The second kappa shape index (κ2) is 6.63. The van der Waals surface area contributed by atoms with Crippen molar-refractivity contribution in [2.45, 2.75) is 25.7 Å². The first-order valence-corrected chi connectivity index (χ1v) is 9.40. The molecule has 0 amide bonds. The summed E-state index contributed by atoms with van der Waals surface area (Å²) in [6.07, 6.45) is -2.90. The Morgan fingerprint density at radius 2 is 1.67 bits per heavy atom. The van der Waals surface area contributed by atoms with Crippen LogP contribution in [-0.4, -0.2) is 34.5 Å². The van der Waals surface area contributed by atoms with Gasteiger partial charge in [-0.3, -0.25) is 9.55 Å². The number of hydrogen-bond acceptors (Lipinski definition) is 5. The molecule has 0 fully saturated rings. The number of benzene rings is 1. The molecule has 1 unspecified atom stereocenters. The van der Waals surface area contributed by atoms with Gasteiger partial charge in [0.15, 0.2) is 11.6 Å². The minimum Gasteiger partial charge on any atom is -0.301 e. The first-order chi connectivity index (χ1) is 14.4. The van der Waals surface area contributed by atoms with Gasteiger partial charge in [0.2, 0.25) is 11.6 Å². The van der Waals surface area contributed by atoms with Gasteiger partial charge in [-0.25, -0.2) is 0 Å². The smallest absolute Gasteiger partial charge is 0.301 e. The molecule has 0 aliphatic carbocycles. The molecule has 5 rings (SSSR count). The Balaban J connectivity index is 1.66. The molecule has 1 aromatic carbocycles. The summed E-state index contributed by atoms with van der Waals surface area (Å²) in [5, 5.41) is 16.4. The van der Waals surface area contributed by atoms with Crippen LogP contribution in [-0.2, 0) is 12.7 Å². The van der Waals surface area contributed by atoms with Crippen molar-refractivity contribution in [3.63, 3.8) is 0 Å². The number of fused-ring (bicyclic) bond motifs is 3. The minimum atomic E-state index is -4.57. The molecule has 1 aliphatic rings. The highest BCUT2D eigenvalue weighted by Gasteiger charge is 2.36. The fraction of sp³-hybridized carbons (Fsp3) is 0.211. The van der Waals surface area contributed by atoms with E-state index in [1.807, 2.05) is 23.6 Å². The quantitative estimate of drug-likeness (QED) is 0.466. The Morgan fingerprint density at radius 1 is 0.933 bits per heavy atom. The third-order valence-corrected chi connectivity index (χ3v) is 5.38. The Bertz CT molecular complexity index is 1250. The molecule has 11 heteroatoms. The predicted molar refractivity (Wildman–Crippen MR) is 102 cm³/mol. The number of rotatable bonds is 2. The fourth-order valence-electron chi connectivity index (χ4n) is 3.64. The van der Waals surface area contributed by atoms with E-state index in [0.29, 0.717) is 29.7 Å². The van der Waals surface area contributed by atoms with Gasteiger partial charge in [0, 0.05) is 18.3 Å². The lowest BCUT2D eigenvalue weighted by Crippen LogP contribution is -2.22. The van der Waals surface area contributed by atoms with Gasteiger partial charge in [0.25, 0.3) is 0 Å². The Kier molecular flexibility index (Phi) is 4.14. The van der Waals surface area contributed by atoms with E-state index in [9.17, 15) is 13.2 Å². The van der Waals surface area contributed by atoms with Crippen LogP contribution in [0.3, 0.4) is 0 Å². The lowest BCUT2D eigenvalue weighted by atomic mass is 10.1. The zero-order valence-corrected chi connectivity index (χ0v) is 16.2. The highest BCUT2D eigenvalue weighted by atomic mass is 35.5. The maximum atomic E-state index is 13.3. The summed E-state index contributed by atoms with van der Waals surface area (Å²) in [4.78, 5) is 4.32. The van der Waals surface area contributed by atoms with Crippen molar-refractivity contribution < 1.29 is 13.2 Å². The number of alkyl halides is 3. The normalized spacial score (nSPS) is 15.7. The molecule has 0 spiro atoms. The Morgan fingerprint density at radius 3 is 2.40 bits per heavy atom. The average Bonchev–Trinajstić information content (AvgIpc) is 3.32. The van der Waals surface area contributed by atoms with Crippen LogP contribution in [0, 0.1) is 0 Å². The van der Waals surface area contributed by atoms with Crippen molar-refractivity contribution in [1.29, 1.82) is 0 Å². The second-order valence-electron chi connectivity index (χ2n) is 6.90. The van der Waals surface area contributed by atoms with Crippen molar-refractivity contribution in [3.8, 4) is 34.6 Å². The number of halogens is 4. The summed E-state index contributed by atoms with van der Waals surface area (Å²) < 4.78 is 43.5. The van der Waals surface area contributed by atoms with Crippen LogP contribution >= 0.6 is 11.6 Å². The minimum absolute atomic E-state index is 0.162. The largest absolute Gasteiger partial charge is 0.417 e. The van der Waals surface area contributed by atoms with E-state index in [0.717, 1.165) is 6.07 Å². The summed E-state index contributed by atoms with van der Waals surface area (Å²) >= 11 is 6.12. The number of nitrogens with zero attached hydrogens (tertiary/aromatic N) is 7. The monoisotopic (exact) mass is 431 g/mol. The van der Waals surface area contributed by atoms with Gasteiger partial charge < -0.3 is 4.57 Å². The highest BCUT2D eigenvalue weighted by Crippen LogP contribution is 2.41. The SMILES string of the molecule is CC1Cn2c(-c3ccccn3)nnc2-c2nnc(-c3cccc(C(F)(F)F)c3Cl)n21. The highest BCUT2D eigenvalue weighted by molar-refractivity contribution is 6.34. The van der Waals surface area contributed by atoms with Gasteiger partial charge in [0.1, 0.15) is 5.69 Å². The van der Waals surface area contributed by atoms with E-state index in [1.54, 1.807) is 16.8 Å². The number of aromatic nitrogens is 7. The lowest BCUT2D eigenvalue weighted by molar-refractivity contribution is -0.137. The van der Waals surface area contributed by atoms with E-state index >= 15 is 0 Å². The maximum Gasteiger partial charge on any atom is 0.417 e. The van der Waals surface area contributed by atoms with Crippen molar-refractivity contribution >= 4 is 11.6 Å². The first kappa shape index (κ1) is 18.7. The van der Waals surface area contributed by atoms with Crippen LogP contribution in [0.15, 0.2) is 42.6 Å². The first-order valence-electron chi connectivity index (χ1n) is 9.02. The lowest BCUT2D eigenvalue weighted by Gasteiger charge is -2.25. The average molecular weight is 432 g/mol. The Hall–Kier alpha value is -3.27. The molecule has 0 N–H and O–H groups in total. The van der Waals surface area contributed by atoms with Crippen LogP contribution in [0.1, 0.15) is 18.5 Å². The fourth-order valence-corrected chi connectivity index (χ4v) is 3.96. The topological polar surface area (TPSA) is 74.3 Å². The molecule has 0 saturated carbocycles. The zero-order valence-electron chi connectivity index (χ0n) is 15.5. The number of hydrogen-bond donors (Lipinski definition) is 0. The molecule has 4 aromatic rings. The molecule has 1 atom stereocenters. The number of pyridine rings is 1. The molecule has 7 nitrogen and oxygen atoms in total. The summed E-state index contributed by atoms with van der Waals surface area (Å²) in [6.45, 7) is 2.39. The molecular formula is C19H13ClF3N7. The third kappa shape index (κ3) is 2.78. The van der Waals surface area contributed by atoms with Crippen molar-refractivity contribution in [2.75, 3.05) is 0 Å². The van der Waals surface area contributed by atoms with E-state index in [1.165, 1.54) is 12.1 Å². The molecular weight excluding hydrogens is 419 g/mol. The molecule has 152 valence electrons. The van der Waals surface area contributed by atoms with Crippen LogP contribution < -0.4 is 0 Å². The van der Waals surface area contributed by atoms with Gasteiger partial charge in [-0.2, -0.15) is 13.2 Å². The third-order valence-electron chi connectivity index (χ3n) is 4.97. The molecule has 0 radical (unpaired) electrons. The van der Waals surface area contributed by atoms with Gasteiger partial charge in [0.05, 0.1) is 16.6 Å². The van der Waals surface area contributed by atoms with Gasteiger partial charge in [-0.1, -0.05) is 23.7 Å². The molecule has 0 bridgehead atoms. The maximum absolute atomic E-state index is 13.3. The Labute approximate surface area is 173 Å². The van der Waals surface area contributed by atoms with Gasteiger partial charge in [-0.15, -0.1) is 20.4 Å². The molecule has 1 aliphatic heterocycles. The van der Waals surface area contributed by atoms with E-state index in [2.05, 4.69) is 25.4 Å². The summed E-state index contributed by atoms with van der Waals surface area (Å²) in [5.41, 5.74) is -0.0874. The second-order valence-corrected chi connectivity index (χ2v) is 7.28. The van der Waals surface area contributed by atoms with Crippen LogP contribution in [0.4, 0.5) is 13.2 Å². The standard InChI is InChI=1S/C19H13ClF3N7/c1-10-9-29-16(13-7-2-3-8-24-13)26-27-17(29)18-28-25-15(30(10)18)11-5-4-6-12(14(11)20)19(21,22)23/h2-8,10H,9H2,1H3. The van der Waals surface area contributed by atoms with Gasteiger partial charge >= 0.3 is 6.18 Å². The summed E-state index contributed by atoms with van der Waals surface area (Å²) in [5.74, 6) is 1.72. The van der Waals surface area contributed by atoms with E-state index in [-0.39, 0.29) is 17.4 Å². The van der Waals surface area contributed by atoms with Crippen molar-refractivity contribution in [2.24, 2.45) is 0 Å². The molecule has 30 heavy (non-hydrogen) atoms. The van der Waals surface area contributed by atoms with E-state index in [4.69, 9.17) is 11.6 Å². The van der Waals surface area contributed by atoms with Gasteiger partial charge in [-0.05, 0) is 31.2 Å². The molecule has 4 heterocycles. The van der Waals surface area contributed by atoms with Crippen molar-refractivity contribution in [1.82, 2.24) is 34.5 Å². The summed E-state index contributed by atoms with van der Waals surface area (Å²) in [7, 11) is 0. The summed E-state index contributed by atoms with van der Waals surface area (Å²) in [6, 6.07) is 9.06. The van der Waals surface area contributed by atoms with Crippen LogP contribution in [0.5, 0.6) is 0 Å². The predicted octanol–water partition coefficient (Wildman–Crippen LogP) is 4.51. The van der Waals surface area contributed by atoms with E-state index < -0.39 is 16.8 Å². The van der Waals surface area contributed by atoms with Crippen LogP contribution in [0.25, 0.3) is 34.6 Å². The molecule has 3 aromatic heterocycles. The molecule has 0 saturated heterocycles. The van der Waals surface area contributed by atoms with Crippen LogP contribution in [0.2, 0.25) is 5.02 Å². The van der Waals surface area contributed by atoms with Crippen molar-refractivity contribution in [3.05, 3.63) is 53.2 Å². The zero-order chi connectivity index (χ0) is 21.0.